The van der Waals surface area contributed by atoms with Crippen molar-refractivity contribution in [2.75, 3.05) is 14.2 Å². The van der Waals surface area contributed by atoms with E-state index in [0.29, 0.717) is 6.42 Å². The number of methoxy groups -OCH3 is 2. The zero-order valence-electron chi connectivity index (χ0n) is 10.8. The van der Waals surface area contributed by atoms with Gasteiger partial charge < -0.3 is 24.4 Å². The summed E-state index contributed by atoms with van der Waals surface area (Å²) in [6, 6.07) is 0. The standard InChI is InChI=1S/C12H22O5/c1-6-7-5-8(13)12(2,14)9(7)11(16-4)17-10(6)15-3/h6-11,13-14H,5H2,1-4H3. The highest BCUT2D eigenvalue weighted by Crippen LogP contribution is 2.50. The van der Waals surface area contributed by atoms with Gasteiger partial charge in [-0.2, -0.15) is 0 Å². The van der Waals surface area contributed by atoms with Gasteiger partial charge in [-0.15, -0.1) is 0 Å². The van der Waals surface area contributed by atoms with Crippen molar-refractivity contribution >= 4 is 0 Å². The van der Waals surface area contributed by atoms with E-state index in [1.165, 1.54) is 0 Å². The summed E-state index contributed by atoms with van der Waals surface area (Å²) in [5.41, 5.74) is -1.17. The Balaban J connectivity index is 2.28. The molecule has 1 aliphatic heterocycles. The molecule has 2 rings (SSSR count). The molecule has 0 amide bonds. The lowest BCUT2D eigenvalue weighted by atomic mass is 9.77. The van der Waals surface area contributed by atoms with Crippen molar-refractivity contribution in [3.8, 4) is 0 Å². The molecule has 17 heavy (non-hydrogen) atoms. The Morgan fingerprint density at radius 1 is 1.24 bits per heavy atom. The summed E-state index contributed by atoms with van der Waals surface area (Å²) in [6.45, 7) is 3.67. The zero-order chi connectivity index (χ0) is 12.8. The Hall–Kier alpha value is -0.200. The Morgan fingerprint density at radius 3 is 2.35 bits per heavy atom. The van der Waals surface area contributed by atoms with Crippen molar-refractivity contribution in [3.63, 3.8) is 0 Å². The second-order valence-electron chi connectivity index (χ2n) is 5.37. The van der Waals surface area contributed by atoms with Crippen LogP contribution >= 0.6 is 0 Å². The maximum absolute atomic E-state index is 10.4. The molecule has 5 nitrogen and oxygen atoms in total. The minimum Gasteiger partial charge on any atom is -0.390 e. The van der Waals surface area contributed by atoms with Crippen LogP contribution in [0, 0.1) is 17.8 Å². The van der Waals surface area contributed by atoms with Gasteiger partial charge in [0.1, 0.15) is 0 Å². The third-order valence-electron chi connectivity index (χ3n) is 4.44. The van der Waals surface area contributed by atoms with E-state index in [9.17, 15) is 10.2 Å². The lowest BCUT2D eigenvalue weighted by Gasteiger charge is -2.44. The lowest BCUT2D eigenvalue weighted by molar-refractivity contribution is -0.318. The minimum atomic E-state index is -1.17. The highest BCUT2D eigenvalue weighted by molar-refractivity contribution is 5.05. The second-order valence-corrected chi connectivity index (χ2v) is 5.37. The maximum Gasteiger partial charge on any atom is 0.166 e. The Labute approximate surface area is 102 Å². The van der Waals surface area contributed by atoms with Crippen LogP contribution in [0.15, 0.2) is 0 Å². The van der Waals surface area contributed by atoms with Crippen molar-refractivity contribution in [1.29, 1.82) is 0 Å². The molecule has 1 saturated heterocycles. The van der Waals surface area contributed by atoms with Gasteiger partial charge in [0, 0.05) is 26.1 Å². The first kappa shape index (κ1) is 13.2. The molecule has 2 N–H and O–H groups in total. The number of ether oxygens (including phenoxy) is 3. The summed E-state index contributed by atoms with van der Waals surface area (Å²) >= 11 is 0. The van der Waals surface area contributed by atoms with Crippen molar-refractivity contribution in [3.05, 3.63) is 0 Å². The number of hydrogen-bond acceptors (Lipinski definition) is 5. The number of rotatable bonds is 2. The SMILES string of the molecule is COC1OC(OC)C2C(CC(O)C2(C)O)C1C. The van der Waals surface area contributed by atoms with Crippen LogP contribution in [0.4, 0.5) is 0 Å². The van der Waals surface area contributed by atoms with Crippen LogP contribution in [0.2, 0.25) is 0 Å². The predicted molar refractivity (Wildman–Crippen MR) is 60.1 cm³/mol. The molecular weight excluding hydrogens is 224 g/mol. The van der Waals surface area contributed by atoms with Gasteiger partial charge in [-0.05, 0) is 19.3 Å². The van der Waals surface area contributed by atoms with Gasteiger partial charge in [0.05, 0.1) is 11.7 Å². The monoisotopic (exact) mass is 246 g/mol. The maximum atomic E-state index is 10.4. The summed E-state index contributed by atoms with van der Waals surface area (Å²) < 4.78 is 16.3. The van der Waals surface area contributed by atoms with E-state index in [1.807, 2.05) is 6.92 Å². The van der Waals surface area contributed by atoms with E-state index < -0.39 is 18.0 Å². The normalized spacial score (nSPS) is 54.7. The van der Waals surface area contributed by atoms with Crippen molar-refractivity contribution in [1.82, 2.24) is 0 Å². The molecule has 2 fully saturated rings. The Morgan fingerprint density at radius 2 is 1.82 bits per heavy atom. The quantitative estimate of drug-likeness (QED) is 0.735. The second kappa shape index (κ2) is 4.48. The molecule has 7 atom stereocenters. The molecule has 2 aliphatic rings. The average Bonchev–Trinajstić information content (AvgIpc) is 2.53. The minimum absolute atomic E-state index is 0.125. The zero-order valence-corrected chi connectivity index (χ0v) is 10.8. The number of fused-ring (bicyclic) bond motifs is 1. The summed E-state index contributed by atoms with van der Waals surface area (Å²) in [5, 5.41) is 20.4. The molecule has 100 valence electrons. The van der Waals surface area contributed by atoms with E-state index >= 15 is 0 Å². The molecule has 0 bridgehead atoms. The van der Waals surface area contributed by atoms with E-state index in [2.05, 4.69) is 0 Å². The smallest absolute Gasteiger partial charge is 0.166 e. The molecule has 1 aliphatic carbocycles. The molecule has 1 heterocycles. The first-order chi connectivity index (χ1) is 7.93. The van der Waals surface area contributed by atoms with E-state index in [1.54, 1.807) is 21.1 Å². The van der Waals surface area contributed by atoms with Gasteiger partial charge in [-0.1, -0.05) is 6.92 Å². The van der Waals surface area contributed by atoms with E-state index in [0.717, 1.165) is 0 Å². The van der Waals surface area contributed by atoms with Crippen LogP contribution in [0.25, 0.3) is 0 Å². The van der Waals surface area contributed by atoms with E-state index in [4.69, 9.17) is 14.2 Å². The van der Waals surface area contributed by atoms with Crippen LogP contribution in [-0.4, -0.2) is 48.7 Å². The fraction of sp³-hybridized carbons (Fsp3) is 1.00. The molecular formula is C12H22O5. The molecule has 5 heteroatoms. The van der Waals surface area contributed by atoms with E-state index in [-0.39, 0.29) is 24.0 Å². The van der Waals surface area contributed by atoms with Crippen LogP contribution in [-0.2, 0) is 14.2 Å². The molecule has 0 aromatic rings. The third kappa shape index (κ3) is 1.90. The topological polar surface area (TPSA) is 68.2 Å². The highest BCUT2D eigenvalue weighted by Gasteiger charge is 2.59. The van der Waals surface area contributed by atoms with Gasteiger partial charge >= 0.3 is 0 Å². The van der Waals surface area contributed by atoms with Gasteiger partial charge in [0.15, 0.2) is 12.6 Å². The van der Waals surface area contributed by atoms with Crippen LogP contribution in [0.1, 0.15) is 20.3 Å². The summed E-state index contributed by atoms with van der Waals surface area (Å²) in [6.07, 6.45) is -1.06. The molecule has 0 spiro atoms. The number of hydrogen-bond donors (Lipinski definition) is 2. The van der Waals surface area contributed by atoms with Crippen molar-refractivity contribution in [2.24, 2.45) is 17.8 Å². The number of aliphatic hydroxyl groups is 2. The predicted octanol–water partition coefficient (Wildman–Crippen LogP) is 0.346. The average molecular weight is 246 g/mol. The van der Waals surface area contributed by atoms with Gasteiger partial charge in [0.2, 0.25) is 0 Å². The van der Waals surface area contributed by atoms with Crippen LogP contribution in [0.3, 0.4) is 0 Å². The summed E-state index contributed by atoms with van der Waals surface area (Å²) in [7, 11) is 3.14. The molecule has 0 radical (unpaired) electrons. The summed E-state index contributed by atoms with van der Waals surface area (Å²) in [5.74, 6) is 0.0487. The fourth-order valence-electron chi connectivity index (χ4n) is 3.33. The number of aliphatic hydroxyl groups excluding tert-OH is 1. The van der Waals surface area contributed by atoms with Crippen molar-refractivity contribution in [2.45, 2.75) is 44.6 Å². The van der Waals surface area contributed by atoms with Crippen LogP contribution in [0.5, 0.6) is 0 Å². The molecule has 7 unspecified atom stereocenters. The van der Waals surface area contributed by atoms with Gasteiger partial charge in [-0.25, -0.2) is 0 Å². The first-order valence-corrected chi connectivity index (χ1v) is 6.05. The molecule has 0 aromatic carbocycles. The third-order valence-corrected chi connectivity index (χ3v) is 4.44. The highest BCUT2D eigenvalue weighted by atomic mass is 16.8. The van der Waals surface area contributed by atoms with Gasteiger partial charge in [-0.3, -0.25) is 0 Å². The molecule has 1 saturated carbocycles. The molecule has 0 aromatic heterocycles. The fourth-order valence-corrected chi connectivity index (χ4v) is 3.33. The van der Waals surface area contributed by atoms with Crippen molar-refractivity contribution < 1.29 is 24.4 Å². The summed E-state index contributed by atoms with van der Waals surface area (Å²) in [4.78, 5) is 0. The lowest BCUT2D eigenvalue weighted by Crippen LogP contribution is -2.54. The largest absolute Gasteiger partial charge is 0.390 e. The van der Waals surface area contributed by atoms with Crippen LogP contribution < -0.4 is 0 Å². The Bertz CT molecular complexity index is 280. The first-order valence-electron chi connectivity index (χ1n) is 6.05. The van der Waals surface area contributed by atoms with Gasteiger partial charge in [0.25, 0.3) is 0 Å². The Kier molecular flexibility index (Phi) is 3.49.